The number of esters is 1. The number of sulfone groups is 1. The second kappa shape index (κ2) is 6.01. The minimum absolute atomic E-state index is 0.124. The van der Waals surface area contributed by atoms with Gasteiger partial charge in [-0.3, -0.25) is 0 Å². The normalized spacial score (nSPS) is 22.0. The quantitative estimate of drug-likeness (QED) is 0.860. The van der Waals surface area contributed by atoms with E-state index in [-0.39, 0.29) is 17.3 Å². The first-order valence-corrected chi connectivity index (χ1v) is 8.61. The number of hydrogen-bond donors (Lipinski definition) is 1. The summed E-state index contributed by atoms with van der Waals surface area (Å²) < 4.78 is 41.9. The van der Waals surface area contributed by atoms with Crippen molar-refractivity contribution in [1.29, 1.82) is 0 Å². The highest BCUT2D eigenvalue weighted by molar-refractivity contribution is 7.91. The molecule has 2 unspecified atom stereocenters. The zero-order chi connectivity index (χ0) is 15.6. The summed E-state index contributed by atoms with van der Waals surface area (Å²) in [7, 11) is -1.95. The summed E-state index contributed by atoms with van der Waals surface area (Å²) in [4.78, 5) is 11.5. The van der Waals surface area contributed by atoms with E-state index in [1.165, 1.54) is 31.6 Å². The maximum Gasteiger partial charge on any atom is 0.337 e. The zero-order valence-electron chi connectivity index (χ0n) is 11.9. The number of anilines is 1. The van der Waals surface area contributed by atoms with Crippen LogP contribution in [0, 0.1) is 5.82 Å². The summed E-state index contributed by atoms with van der Waals surface area (Å²) in [6, 6.07) is 3.50. The lowest BCUT2D eigenvalue weighted by atomic mass is 10.1. The Bertz CT molecular complexity index is 644. The lowest BCUT2D eigenvalue weighted by Gasteiger charge is -2.21. The molecule has 116 valence electrons. The van der Waals surface area contributed by atoms with Gasteiger partial charge >= 0.3 is 5.97 Å². The molecule has 1 aliphatic rings. The molecule has 1 saturated carbocycles. The highest BCUT2D eigenvalue weighted by Gasteiger charge is 2.35. The molecule has 0 aliphatic heterocycles. The monoisotopic (exact) mass is 315 g/mol. The third kappa shape index (κ3) is 3.53. The molecule has 1 aromatic rings. The van der Waals surface area contributed by atoms with Crippen LogP contribution in [0.2, 0.25) is 0 Å². The Morgan fingerprint density at radius 2 is 2.10 bits per heavy atom. The van der Waals surface area contributed by atoms with Crippen LogP contribution in [0.4, 0.5) is 10.1 Å². The lowest BCUT2D eigenvalue weighted by Crippen LogP contribution is -2.34. The summed E-state index contributed by atoms with van der Waals surface area (Å²) in [5.41, 5.74) is 0.341. The Morgan fingerprint density at radius 3 is 2.71 bits per heavy atom. The van der Waals surface area contributed by atoms with Gasteiger partial charge in [-0.2, -0.15) is 0 Å². The summed E-state index contributed by atoms with van der Waals surface area (Å²) >= 11 is 0. The third-order valence-electron chi connectivity index (χ3n) is 3.73. The van der Waals surface area contributed by atoms with Gasteiger partial charge in [0.2, 0.25) is 0 Å². The van der Waals surface area contributed by atoms with Crippen molar-refractivity contribution in [2.24, 2.45) is 0 Å². The minimum atomic E-state index is -3.19. The maximum absolute atomic E-state index is 13.8. The Hall–Kier alpha value is -1.63. The predicted molar refractivity (Wildman–Crippen MR) is 77.6 cm³/mol. The maximum atomic E-state index is 13.8. The van der Waals surface area contributed by atoms with Crippen molar-refractivity contribution in [1.82, 2.24) is 0 Å². The van der Waals surface area contributed by atoms with Gasteiger partial charge in [0.15, 0.2) is 9.84 Å². The Morgan fingerprint density at radius 1 is 1.38 bits per heavy atom. The lowest BCUT2D eigenvalue weighted by molar-refractivity contribution is 0.0600. The Kier molecular flexibility index (Phi) is 4.51. The van der Waals surface area contributed by atoms with Crippen molar-refractivity contribution in [3.63, 3.8) is 0 Å². The van der Waals surface area contributed by atoms with E-state index in [4.69, 9.17) is 0 Å². The molecule has 1 aliphatic carbocycles. The SMILES string of the molecule is COC(=O)c1ccc(F)c(NC2CCCC2S(C)(=O)=O)c1. The molecule has 1 N–H and O–H groups in total. The molecule has 0 aromatic heterocycles. The molecule has 0 amide bonds. The van der Waals surface area contributed by atoms with Gasteiger partial charge in [0, 0.05) is 12.3 Å². The predicted octanol–water partition coefficient (Wildman–Crippen LogP) is 1.99. The first-order valence-electron chi connectivity index (χ1n) is 6.66. The minimum Gasteiger partial charge on any atom is -0.465 e. The molecule has 0 spiro atoms. The number of methoxy groups -OCH3 is 1. The van der Waals surface area contributed by atoms with Crippen molar-refractivity contribution < 1.29 is 22.3 Å². The number of carbonyl (C=O) groups excluding carboxylic acids is 1. The van der Waals surface area contributed by atoms with E-state index in [0.29, 0.717) is 12.8 Å². The van der Waals surface area contributed by atoms with Crippen molar-refractivity contribution >= 4 is 21.5 Å². The van der Waals surface area contributed by atoms with E-state index < -0.39 is 26.9 Å². The van der Waals surface area contributed by atoms with Crippen LogP contribution in [0.1, 0.15) is 29.6 Å². The second-order valence-corrected chi connectivity index (χ2v) is 7.50. The van der Waals surface area contributed by atoms with Crippen molar-refractivity contribution in [3.05, 3.63) is 29.6 Å². The van der Waals surface area contributed by atoms with Crippen LogP contribution in [-0.4, -0.2) is 39.0 Å². The summed E-state index contributed by atoms with van der Waals surface area (Å²) in [6.07, 6.45) is 3.18. The van der Waals surface area contributed by atoms with Crippen LogP contribution in [0.5, 0.6) is 0 Å². The number of ether oxygens (including phenoxy) is 1. The van der Waals surface area contributed by atoms with Crippen LogP contribution < -0.4 is 5.32 Å². The number of carbonyl (C=O) groups is 1. The molecular weight excluding hydrogens is 297 g/mol. The van der Waals surface area contributed by atoms with Crippen molar-refractivity contribution in [2.75, 3.05) is 18.7 Å². The number of hydrogen-bond acceptors (Lipinski definition) is 5. The molecule has 7 heteroatoms. The van der Waals surface area contributed by atoms with Crippen molar-refractivity contribution in [3.8, 4) is 0 Å². The first kappa shape index (κ1) is 15.8. The Labute approximate surface area is 123 Å². The van der Waals surface area contributed by atoms with Crippen LogP contribution in [0.3, 0.4) is 0 Å². The molecule has 1 fully saturated rings. The van der Waals surface area contributed by atoms with Gasteiger partial charge in [-0.1, -0.05) is 0 Å². The van der Waals surface area contributed by atoms with Crippen LogP contribution in [0.25, 0.3) is 0 Å². The topological polar surface area (TPSA) is 72.5 Å². The van der Waals surface area contributed by atoms with E-state index in [1.54, 1.807) is 0 Å². The number of nitrogens with one attached hydrogen (secondary N) is 1. The van der Waals surface area contributed by atoms with Gasteiger partial charge in [0.05, 0.1) is 23.6 Å². The van der Waals surface area contributed by atoms with E-state index in [9.17, 15) is 17.6 Å². The highest BCUT2D eigenvalue weighted by Crippen LogP contribution is 2.29. The number of halogens is 1. The van der Waals surface area contributed by atoms with E-state index in [0.717, 1.165) is 6.42 Å². The largest absolute Gasteiger partial charge is 0.465 e. The molecule has 5 nitrogen and oxygen atoms in total. The summed E-state index contributed by atoms with van der Waals surface area (Å²) in [5.74, 6) is -1.09. The van der Waals surface area contributed by atoms with E-state index >= 15 is 0 Å². The molecule has 2 atom stereocenters. The third-order valence-corrected chi connectivity index (χ3v) is 5.39. The van der Waals surface area contributed by atoms with E-state index in [1.807, 2.05) is 0 Å². The van der Waals surface area contributed by atoms with Gasteiger partial charge < -0.3 is 10.1 Å². The molecular formula is C14H18FNO4S. The van der Waals surface area contributed by atoms with Gasteiger partial charge in [-0.25, -0.2) is 17.6 Å². The fraction of sp³-hybridized carbons (Fsp3) is 0.500. The number of benzene rings is 1. The van der Waals surface area contributed by atoms with Crippen LogP contribution in [0.15, 0.2) is 18.2 Å². The number of rotatable bonds is 4. The van der Waals surface area contributed by atoms with Gasteiger partial charge in [-0.05, 0) is 37.5 Å². The van der Waals surface area contributed by atoms with Gasteiger partial charge in [0.1, 0.15) is 5.82 Å². The van der Waals surface area contributed by atoms with Crippen molar-refractivity contribution in [2.45, 2.75) is 30.6 Å². The average Bonchev–Trinajstić information content (AvgIpc) is 2.88. The average molecular weight is 315 g/mol. The molecule has 0 saturated heterocycles. The summed E-state index contributed by atoms with van der Waals surface area (Å²) in [6.45, 7) is 0. The van der Waals surface area contributed by atoms with Crippen LogP contribution >= 0.6 is 0 Å². The Balaban J connectivity index is 2.25. The first-order chi connectivity index (χ1) is 9.82. The molecule has 2 rings (SSSR count). The molecule has 0 bridgehead atoms. The molecule has 0 heterocycles. The van der Waals surface area contributed by atoms with E-state index in [2.05, 4.69) is 10.1 Å². The second-order valence-electron chi connectivity index (χ2n) is 5.24. The fourth-order valence-electron chi connectivity index (χ4n) is 2.68. The van der Waals surface area contributed by atoms with Crippen LogP contribution in [-0.2, 0) is 14.6 Å². The fourth-order valence-corrected chi connectivity index (χ4v) is 4.08. The van der Waals surface area contributed by atoms with Gasteiger partial charge in [-0.15, -0.1) is 0 Å². The molecule has 0 radical (unpaired) electrons. The summed E-state index contributed by atoms with van der Waals surface area (Å²) in [5, 5.41) is 2.39. The molecule has 21 heavy (non-hydrogen) atoms. The standard InChI is InChI=1S/C14H18FNO4S/c1-20-14(17)9-6-7-10(15)12(8-9)16-11-4-3-5-13(11)21(2,18)19/h6-8,11,13,16H,3-5H2,1-2H3. The zero-order valence-corrected chi connectivity index (χ0v) is 12.7. The highest BCUT2D eigenvalue weighted by atomic mass is 32.2. The smallest absolute Gasteiger partial charge is 0.337 e. The van der Waals surface area contributed by atoms with Gasteiger partial charge in [0.25, 0.3) is 0 Å². The molecule has 1 aromatic carbocycles.